The molecule has 3 unspecified atom stereocenters. The highest BCUT2D eigenvalue weighted by molar-refractivity contribution is 6.17. The lowest BCUT2D eigenvalue weighted by Crippen LogP contribution is -2.61. The molecule has 2 aromatic carbocycles. The molecule has 3 aromatic rings. The van der Waals surface area contributed by atoms with Gasteiger partial charge in [0.25, 0.3) is 0 Å². The van der Waals surface area contributed by atoms with Crippen molar-refractivity contribution in [3.05, 3.63) is 60.0 Å². The number of imide groups is 1. The highest BCUT2D eigenvalue weighted by Gasteiger charge is 2.46. The number of rotatable bonds is 4. The zero-order valence-corrected chi connectivity index (χ0v) is 17.9. The van der Waals surface area contributed by atoms with Gasteiger partial charge in [0.1, 0.15) is 5.75 Å². The van der Waals surface area contributed by atoms with E-state index < -0.39 is 6.03 Å². The number of urea groups is 1. The summed E-state index contributed by atoms with van der Waals surface area (Å²) >= 11 is 0. The maximum Gasteiger partial charge on any atom is 0.328 e. The molecule has 2 heterocycles. The number of benzene rings is 2. The van der Waals surface area contributed by atoms with E-state index in [1.165, 1.54) is 4.90 Å². The third-order valence-electron chi connectivity index (χ3n) is 6.28. The quantitative estimate of drug-likeness (QED) is 0.668. The number of hydrogen-bond donors (Lipinski definition) is 1. The van der Waals surface area contributed by atoms with Crippen LogP contribution in [0.3, 0.4) is 0 Å². The monoisotopic (exact) mass is 432 g/mol. The Morgan fingerprint density at radius 2 is 1.97 bits per heavy atom. The first-order valence-corrected chi connectivity index (χ1v) is 10.7. The average molecular weight is 432 g/mol. The molecule has 8 heteroatoms. The molecule has 0 spiro atoms. The molecule has 1 saturated carbocycles. The van der Waals surface area contributed by atoms with Crippen LogP contribution >= 0.6 is 0 Å². The molecule has 32 heavy (non-hydrogen) atoms. The minimum Gasteiger partial charge on any atom is -0.497 e. The fraction of sp³-hybridized carbons (Fsp3) is 0.333. The number of aryl methyl sites for hydroxylation is 1. The number of nitrogens with zero attached hydrogens (tertiary/aromatic N) is 3. The van der Waals surface area contributed by atoms with E-state index in [1.807, 2.05) is 31.2 Å². The molecule has 1 N–H and O–H groups in total. The van der Waals surface area contributed by atoms with Crippen molar-refractivity contribution in [3.8, 4) is 17.1 Å². The Morgan fingerprint density at radius 1 is 1.12 bits per heavy atom. The molecule has 3 amide bonds. The van der Waals surface area contributed by atoms with Gasteiger partial charge in [-0.3, -0.25) is 4.79 Å². The molecule has 0 bridgehead atoms. The van der Waals surface area contributed by atoms with E-state index in [4.69, 9.17) is 9.26 Å². The van der Waals surface area contributed by atoms with E-state index in [0.29, 0.717) is 36.0 Å². The van der Waals surface area contributed by atoms with Crippen LogP contribution in [0.2, 0.25) is 0 Å². The molecule has 1 saturated heterocycles. The number of hydrogen-bond acceptors (Lipinski definition) is 6. The number of aromatic nitrogens is 2. The van der Waals surface area contributed by atoms with E-state index >= 15 is 0 Å². The van der Waals surface area contributed by atoms with Crippen LogP contribution < -0.4 is 15.0 Å². The number of carbonyl (C=O) groups excluding carboxylic acids is 2. The average Bonchev–Trinajstić information content (AvgIpc) is 3.29. The lowest BCUT2D eigenvalue weighted by atomic mass is 9.76. The SMILES string of the molecule is COc1cccc(N2C(=O)NC3CC(c4nc(-c5cccc(C)c5)no4)CCC3C2=O)c1. The van der Waals surface area contributed by atoms with Crippen molar-refractivity contribution >= 4 is 17.6 Å². The second-order valence-corrected chi connectivity index (χ2v) is 8.37. The lowest BCUT2D eigenvalue weighted by Gasteiger charge is -2.41. The van der Waals surface area contributed by atoms with Crippen LogP contribution in [-0.2, 0) is 4.79 Å². The van der Waals surface area contributed by atoms with Crippen molar-refractivity contribution in [1.82, 2.24) is 15.5 Å². The normalized spacial score (nSPS) is 22.9. The first-order chi connectivity index (χ1) is 15.5. The summed E-state index contributed by atoms with van der Waals surface area (Å²) in [5, 5.41) is 7.16. The highest BCUT2D eigenvalue weighted by Crippen LogP contribution is 2.39. The standard InChI is InChI=1S/C24H24N4O4/c1-14-5-3-6-15(11-14)21-26-22(32-27-21)16-9-10-19-20(12-16)25-24(30)28(23(19)29)17-7-4-8-18(13-17)31-2/h3-8,11,13,16,19-20H,9-10,12H2,1-2H3,(H,25,30). The van der Waals surface area contributed by atoms with Crippen LogP contribution in [-0.4, -0.2) is 35.2 Å². The third-order valence-corrected chi connectivity index (χ3v) is 6.28. The van der Waals surface area contributed by atoms with Crippen molar-refractivity contribution in [1.29, 1.82) is 0 Å². The summed E-state index contributed by atoms with van der Waals surface area (Å²) in [7, 11) is 1.55. The fourth-order valence-corrected chi connectivity index (χ4v) is 4.64. The Bertz CT molecular complexity index is 1170. The van der Waals surface area contributed by atoms with E-state index in [1.54, 1.807) is 31.4 Å². The van der Waals surface area contributed by atoms with Crippen LogP contribution in [0.4, 0.5) is 10.5 Å². The van der Waals surface area contributed by atoms with Gasteiger partial charge >= 0.3 is 6.03 Å². The second kappa shape index (κ2) is 8.11. The molecule has 0 radical (unpaired) electrons. The van der Waals surface area contributed by atoms with Gasteiger partial charge in [0.05, 0.1) is 18.7 Å². The first kappa shape index (κ1) is 20.2. The van der Waals surface area contributed by atoms with Gasteiger partial charge in [-0.1, -0.05) is 35.0 Å². The Kier molecular flexibility index (Phi) is 5.13. The van der Waals surface area contributed by atoms with Crippen LogP contribution in [0.25, 0.3) is 11.4 Å². The number of methoxy groups -OCH3 is 1. The predicted molar refractivity (Wildman–Crippen MR) is 117 cm³/mol. The summed E-state index contributed by atoms with van der Waals surface area (Å²) in [6.45, 7) is 2.02. The van der Waals surface area contributed by atoms with E-state index in [-0.39, 0.29) is 23.8 Å². The predicted octanol–water partition coefficient (Wildman–Crippen LogP) is 4.06. The minimum atomic E-state index is -0.420. The van der Waals surface area contributed by atoms with Gasteiger partial charge < -0.3 is 14.6 Å². The van der Waals surface area contributed by atoms with Crippen molar-refractivity contribution < 1.29 is 18.8 Å². The zero-order chi connectivity index (χ0) is 22.2. The molecule has 3 atom stereocenters. The molecule has 2 aliphatic rings. The molecule has 2 fully saturated rings. The number of anilines is 1. The van der Waals surface area contributed by atoms with Crippen LogP contribution in [0.1, 0.15) is 36.6 Å². The molecule has 1 aromatic heterocycles. The molecular weight excluding hydrogens is 408 g/mol. The summed E-state index contributed by atoms with van der Waals surface area (Å²) in [6, 6.07) is 14.2. The van der Waals surface area contributed by atoms with Crippen molar-refractivity contribution in [2.75, 3.05) is 12.0 Å². The maximum absolute atomic E-state index is 13.2. The molecule has 164 valence electrons. The smallest absolute Gasteiger partial charge is 0.328 e. The summed E-state index contributed by atoms with van der Waals surface area (Å²) in [4.78, 5) is 31.9. The summed E-state index contributed by atoms with van der Waals surface area (Å²) in [5.41, 5.74) is 2.54. The Balaban J connectivity index is 1.33. The van der Waals surface area contributed by atoms with Gasteiger partial charge in [-0.15, -0.1) is 0 Å². The van der Waals surface area contributed by atoms with Gasteiger partial charge in [-0.2, -0.15) is 4.98 Å². The van der Waals surface area contributed by atoms with Gasteiger partial charge in [0, 0.05) is 23.6 Å². The largest absolute Gasteiger partial charge is 0.497 e. The van der Waals surface area contributed by atoms with Crippen molar-refractivity contribution in [2.24, 2.45) is 5.92 Å². The summed E-state index contributed by atoms with van der Waals surface area (Å²) < 4.78 is 10.8. The Labute approximate surface area is 185 Å². The van der Waals surface area contributed by atoms with Crippen molar-refractivity contribution in [3.63, 3.8) is 0 Å². The first-order valence-electron chi connectivity index (χ1n) is 10.7. The van der Waals surface area contributed by atoms with Gasteiger partial charge in [-0.05, 0) is 44.4 Å². The Hall–Kier alpha value is -3.68. The lowest BCUT2D eigenvalue weighted by molar-refractivity contribution is -0.124. The topological polar surface area (TPSA) is 97.6 Å². The maximum atomic E-state index is 13.2. The van der Waals surface area contributed by atoms with Gasteiger partial charge in [0.2, 0.25) is 17.6 Å². The number of carbonyl (C=O) groups is 2. The third kappa shape index (κ3) is 3.62. The molecular formula is C24H24N4O4. The van der Waals surface area contributed by atoms with Crippen LogP contribution in [0.15, 0.2) is 53.1 Å². The van der Waals surface area contributed by atoms with Gasteiger partial charge in [-0.25, -0.2) is 9.69 Å². The number of ether oxygens (including phenoxy) is 1. The Morgan fingerprint density at radius 3 is 2.78 bits per heavy atom. The van der Waals surface area contributed by atoms with Crippen LogP contribution in [0.5, 0.6) is 5.75 Å². The summed E-state index contributed by atoms with van der Waals surface area (Å²) in [5.74, 6) is 1.23. The molecule has 1 aliphatic carbocycles. The molecule has 8 nitrogen and oxygen atoms in total. The number of amides is 3. The fourth-order valence-electron chi connectivity index (χ4n) is 4.64. The minimum absolute atomic E-state index is 0.00113. The molecule has 1 aliphatic heterocycles. The number of fused-ring (bicyclic) bond motifs is 1. The highest BCUT2D eigenvalue weighted by atomic mass is 16.5. The number of nitrogens with one attached hydrogen (secondary N) is 1. The molecule has 5 rings (SSSR count). The van der Waals surface area contributed by atoms with E-state index in [0.717, 1.165) is 17.5 Å². The summed E-state index contributed by atoms with van der Waals surface area (Å²) in [6.07, 6.45) is 1.96. The van der Waals surface area contributed by atoms with Crippen molar-refractivity contribution in [2.45, 2.75) is 38.1 Å². The second-order valence-electron chi connectivity index (χ2n) is 8.37. The van der Waals surface area contributed by atoms with E-state index in [9.17, 15) is 9.59 Å². The van der Waals surface area contributed by atoms with Crippen LogP contribution in [0, 0.1) is 12.8 Å². The van der Waals surface area contributed by atoms with Gasteiger partial charge in [0.15, 0.2) is 0 Å². The zero-order valence-electron chi connectivity index (χ0n) is 17.9. The van der Waals surface area contributed by atoms with E-state index in [2.05, 4.69) is 15.5 Å².